The molecule has 0 radical (unpaired) electrons. The summed E-state index contributed by atoms with van der Waals surface area (Å²) in [6, 6.07) is 6.38. The minimum absolute atomic E-state index is 0.0608. The second-order valence-electron chi connectivity index (χ2n) is 4.92. The Bertz CT molecular complexity index is 460. The van der Waals surface area contributed by atoms with Crippen LogP contribution in [-0.4, -0.2) is 37.4 Å². The Morgan fingerprint density at radius 1 is 1.30 bits per heavy atom. The van der Waals surface area contributed by atoms with Gasteiger partial charge in [-0.25, -0.2) is 0 Å². The van der Waals surface area contributed by atoms with E-state index in [1.165, 1.54) is 24.0 Å². The van der Waals surface area contributed by atoms with Gasteiger partial charge in [-0.15, -0.1) is 0 Å². The number of benzene rings is 1. The molecule has 0 saturated carbocycles. The van der Waals surface area contributed by atoms with E-state index < -0.39 is 0 Å². The van der Waals surface area contributed by atoms with Crippen molar-refractivity contribution < 1.29 is 9.84 Å². The molecule has 0 saturated heterocycles. The maximum absolute atomic E-state index is 8.56. The predicted molar refractivity (Wildman–Crippen MR) is 81.1 cm³/mol. The standard InChI is InChI=1S/C15H23N3O2/c16-15(17-7-2-9-20-10-8-19)18-14-6-5-12-3-1-4-13(12)11-14/h5-6,11,19H,1-4,7-10H2,(H3,16,17,18). The number of rotatable bonds is 7. The van der Waals surface area contributed by atoms with Crippen molar-refractivity contribution in [2.75, 3.05) is 31.7 Å². The largest absolute Gasteiger partial charge is 0.394 e. The Kier molecular flexibility index (Phi) is 5.83. The zero-order valence-corrected chi connectivity index (χ0v) is 11.8. The first-order chi connectivity index (χ1) is 9.79. The van der Waals surface area contributed by atoms with E-state index in [2.05, 4.69) is 28.5 Å². The minimum atomic E-state index is 0.0608. The number of aliphatic imine (C=N–C) groups is 1. The number of ether oxygens (including phenoxy) is 1. The van der Waals surface area contributed by atoms with Crippen LogP contribution in [0.2, 0.25) is 0 Å². The third-order valence-corrected chi connectivity index (χ3v) is 3.34. The smallest absolute Gasteiger partial charge is 0.193 e. The van der Waals surface area contributed by atoms with Gasteiger partial charge in [-0.2, -0.15) is 0 Å². The minimum Gasteiger partial charge on any atom is -0.394 e. The van der Waals surface area contributed by atoms with Gasteiger partial charge in [0.05, 0.1) is 13.2 Å². The summed E-state index contributed by atoms with van der Waals surface area (Å²) in [6.45, 7) is 1.66. The lowest BCUT2D eigenvalue weighted by molar-refractivity contribution is 0.0918. The number of hydrogen-bond acceptors (Lipinski definition) is 3. The number of nitrogens with zero attached hydrogens (tertiary/aromatic N) is 1. The van der Waals surface area contributed by atoms with Gasteiger partial charge in [-0.1, -0.05) is 6.07 Å². The number of hydrogen-bond donors (Lipinski definition) is 3. The highest BCUT2D eigenvalue weighted by atomic mass is 16.5. The van der Waals surface area contributed by atoms with Crippen molar-refractivity contribution in [1.29, 1.82) is 0 Å². The summed E-state index contributed by atoms with van der Waals surface area (Å²) in [5, 5.41) is 11.7. The van der Waals surface area contributed by atoms with E-state index in [-0.39, 0.29) is 6.61 Å². The Morgan fingerprint density at radius 3 is 3.00 bits per heavy atom. The lowest BCUT2D eigenvalue weighted by atomic mass is 10.1. The average molecular weight is 277 g/mol. The van der Waals surface area contributed by atoms with Crippen LogP contribution in [0, 0.1) is 0 Å². The fraction of sp³-hybridized carbons (Fsp3) is 0.533. The Hall–Kier alpha value is -1.59. The number of aliphatic hydroxyl groups excluding tert-OH is 1. The highest BCUT2D eigenvalue weighted by molar-refractivity contribution is 5.92. The molecule has 2 rings (SSSR count). The third-order valence-electron chi connectivity index (χ3n) is 3.34. The van der Waals surface area contributed by atoms with Crippen LogP contribution < -0.4 is 11.1 Å². The lowest BCUT2D eigenvalue weighted by Crippen LogP contribution is -2.23. The second-order valence-corrected chi connectivity index (χ2v) is 4.92. The van der Waals surface area contributed by atoms with Crippen LogP contribution >= 0.6 is 0 Å². The van der Waals surface area contributed by atoms with Crippen molar-refractivity contribution in [3.05, 3.63) is 29.3 Å². The van der Waals surface area contributed by atoms with Gasteiger partial charge in [0, 0.05) is 18.8 Å². The average Bonchev–Trinajstić information content (AvgIpc) is 2.90. The van der Waals surface area contributed by atoms with Crippen LogP contribution in [-0.2, 0) is 17.6 Å². The predicted octanol–water partition coefficient (Wildman–Crippen LogP) is 1.30. The number of nitrogens with one attached hydrogen (secondary N) is 1. The molecule has 0 bridgehead atoms. The van der Waals surface area contributed by atoms with Crippen molar-refractivity contribution in [3.8, 4) is 0 Å². The van der Waals surface area contributed by atoms with E-state index in [0.717, 1.165) is 18.5 Å². The molecule has 5 nitrogen and oxygen atoms in total. The van der Waals surface area contributed by atoms with Gasteiger partial charge in [0.2, 0.25) is 0 Å². The van der Waals surface area contributed by atoms with Gasteiger partial charge in [-0.3, -0.25) is 4.99 Å². The number of aliphatic hydroxyl groups is 1. The summed E-state index contributed by atoms with van der Waals surface area (Å²) in [6.07, 6.45) is 4.39. The molecule has 20 heavy (non-hydrogen) atoms. The Morgan fingerprint density at radius 2 is 2.15 bits per heavy atom. The highest BCUT2D eigenvalue weighted by Gasteiger charge is 2.10. The molecule has 1 aliphatic rings. The number of fused-ring (bicyclic) bond motifs is 1. The van der Waals surface area contributed by atoms with Crippen LogP contribution in [0.1, 0.15) is 24.0 Å². The van der Waals surface area contributed by atoms with Gasteiger partial charge in [0.1, 0.15) is 0 Å². The molecule has 0 spiro atoms. The molecular formula is C15H23N3O2. The zero-order valence-electron chi connectivity index (χ0n) is 11.8. The van der Waals surface area contributed by atoms with Crippen LogP contribution in [0.15, 0.2) is 23.2 Å². The fourth-order valence-corrected chi connectivity index (χ4v) is 2.37. The summed E-state index contributed by atoms with van der Waals surface area (Å²) in [5.74, 6) is 0.435. The molecule has 0 unspecified atom stereocenters. The van der Waals surface area contributed by atoms with E-state index in [0.29, 0.717) is 25.7 Å². The summed E-state index contributed by atoms with van der Waals surface area (Å²) < 4.78 is 5.15. The summed E-state index contributed by atoms with van der Waals surface area (Å²) in [7, 11) is 0. The molecule has 0 aliphatic heterocycles. The first-order valence-corrected chi connectivity index (χ1v) is 7.17. The van der Waals surface area contributed by atoms with Gasteiger partial charge in [0.15, 0.2) is 5.96 Å². The second kappa shape index (κ2) is 7.87. The SMILES string of the molecule is NC(=NCCCOCCO)Nc1ccc2c(c1)CCC2. The molecule has 1 aromatic carbocycles. The van der Waals surface area contributed by atoms with Gasteiger partial charge < -0.3 is 20.9 Å². The van der Waals surface area contributed by atoms with Crippen molar-refractivity contribution in [2.24, 2.45) is 10.7 Å². The molecule has 0 fully saturated rings. The van der Waals surface area contributed by atoms with Crippen LogP contribution in [0.4, 0.5) is 5.69 Å². The first-order valence-electron chi connectivity index (χ1n) is 7.17. The molecule has 0 heterocycles. The summed E-state index contributed by atoms with van der Waals surface area (Å²) in [4.78, 5) is 4.25. The Balaban J connectivity index is 1.74. The van der Waals surface area contributed by atoms with E-state index >= 15 is 0 Å². The Labute approximate surface area is 119 Å². The molecule has 4 N–H and O–H groups in total. The van der Waals surface area contributed by atoms with E-state index in [4.69, 9.17) is 15.6 Å². The van der Waals surface area contributed by atoms with E-state index in [1.54, 1.807) is 0 Å². The van der Waals surface area contributed by atoms with Crippen LogP contribution in [0.3, 0.4) is 0 Å². The molecule has 0 amide bonds. The van der Waals surface area contributed by atoms with Crippen LogP contribution in [0.5, 0.6) is 0 Å². The van der Waals surface area contributed by atoms with Crippen molar-refractivity contribution >= 4 is 11.6 Å². The van der Waals surface area contributed by atoms with Crippen molar-refractivity contribution in [1.82, 2.24) is 0 Å². The van der Waals surface area contributed by atoms with Crippen LogP contribution in [0.25, 0.3) is 0 Å². The van der Waals surface area contributed by atoms with Crippen molar-refractivity contribution in [3.63, 3.8) is 0 Å². The number of nitrogens with two attached hydrogens (primary N) is 1. The molecular weight excluding hydrogens is 254 g/mol. The molecule has 1 aromatic rings. The van der Waals surface area contributed by atoms with E-state index in [9.17, 15) is 0 Å². The number of guanidine groups is 1. The maximum atomic E-state index is 8.56. The fourth-order valence-electron chi connectivity index (χ4n) is 2.37. The first kappa shape index (κ1) is 14.8. The highest BCUT2D eigenvalue weighted by Crippen LogP contribution is 2.24. The summed E-state index contributed by atoms with van der Waals surface area (Å²) >= 11 is 0. The van der Waals surface area contributed by atoms with Gasteiger partial charge in [0.25, 0.3) is 0 Å². The molecule has 1 aliphatic carbocycles. The molecule has 0 atom stereocenters. The molecule has 110 valence electrons. The molecule has 5 heteroatoms. The summed E-state index contributed by atoms with van der Waals surface area (Å²) in [5.41, 5.74) is 9.72. The topological polar surface area (TPSA) is 79.9 Å². The normalized spacial score (nSPS) is 14.3. The number of aryl methyl sites for hydroxylation is 2. The third kappa shape index (κ3) is 4.51. The van der Waals surface area contributed by atoms with Gasteiger partial charge >= 0.3 is 0 Å². The monoisotopic (exact) mass is 277 g/mol. The molecule has 0 aromatic heterocycles. The number of anilines is 1. The van der Waals surface area contributed by atoms with Crippen molar-refractivity contribution in [2.45, 2.75) is 25.7 Å². The van der Waals surface area contributed by atoms with E-state index in [1.807, 2.05) is 0 Å². The van der Waals surface area contributed by atoms with Gasteiger partial charge in [-0.05, 0) is 48.9 Å². The maximum Gasteiger partial charge on any atom is 0.193 e. The quantitative estimate of drug-likeness (QED) is 0.399. The lowest BCUT2D eigenvalue weighted by Gasteiger charge is -2.08. The zero-order chi connectivity index (χ0) is 14.2.